The molecule has 0 fully saturated rings. The lowest BCUT2D eigenvalue weighted by Gasteiger charge is -2.30. The highest BCUT2D eigenvalue weighted by atomic mass is 31.2. The van der Waals surface area contributed by atoms with E-state index in [-0.39, 0.29) is 19.1 Å². The number of quaternary nitrogens is 1. The van der Waals surface area contributed by atoms with Gasteiger partial charge in [0.1, 0.15) is 13.2 Å². The molecule has 1 amide bonds. The SMILES string of the molecule is CCCCCCCC/C=C/CCCCCCCCCC(=O)N[C@@H](COP(=O)([O-])OCC[N+](C)(C)C)[C@H](O)CCCC/C=C/CCCCCCCC. The lowest BCUT2D eigenvalue weighted by atomic mass is 10.0. The van der Waals surface area contributed by atoms with Gasteiger partial charge in [-0.05, 0) is 64.2 Å². The van der Waals surface area contributed by atoms with Gasteiger partial charge < -0.3 is 28.8 Å². The van der Waals surface area contributed by atoms with Crippen LogP contribution in [-0.2, 0) is 18.4 Å². The summed E-state index contributed by atoms with van der Waals surface area (Å²) < 4.78 is 23.2. The fraction of sp³-hybridized carbons (Fsp3) is 0.881. The van der Waals surface area contributed by atoms with E-state index in [2.05, 4.69) is 43.5 Å². The van der Waals surface area contributed by atoms with Crippen LogP contribution < -0.4 is 10.2 Å². The van der Waals surface area contributed by atoms with Crippen molar-refractivity contribution in [3.63, 3.8) is 0 Å². The zero-order valence-corrected chi connectivity index (χ0v) is 35.0. The summed E-state index contributed by atoms with van der Waals surface area (Å²) in [6.45, 7) is 4.67. The summed E-state index contributed by atoms with van der Waals surface area (Å²) in [5, 5.41) is 13.8. The van der Waals surface area contributed by atoms with E-state index in [9.17, 15) is 19.4 Å². The number of amides is 1. The average molecular weight is 743 g/mol. The third-order valence-corrected chi connectivity index (χ3v) is 10.4. The number of aliphatic hydroxyl groups is 1. The molecule has 0 heterocycles. The van der Waals surface area contributed by atoms with Crippen molar-refractivity contribution in [1.82, 2.24) is 5.32 Å². The Morgan fingerprint density at radius 1 is 0.667 bits per heavy atom. The van der Waals surface area contributed by atoms with E-state index < -0.39 is 20.0 Å². The van der Waals surface area contributed by atoms with E-state index in [1.165, 1.54) is 116 Å². The monoisotopic (exact) mass is 743 g/mol. The van der Waals surface area contributed by atoms with Crippen molar-refractivity contribution in [2.24, 2.45) is 0 Å². The summed E-state index contributed by atoms with van der Waals surface area (Å²) in [6.07, 6.45) is 38.9. The van der Waals surface area contributed by atoms with E-state index in [4.69, 9.17) is 9.05 Å². The molecule has 0 aromatic carbocycles. The van der Waals surface area contributed by atoms with Crippen LogP contribution in [0.5, 0.6) is 0 Å². The van der Waals surface area contributed by atoms with Gasteiger partial charge in [-0.1, -0.05) is 141 Å². The number of hydrogen-bond donors (Lipinski definition) is 2. The first kappa shape index (κ1) is 50.0. The lowest BCUT2D eigenvalue weighted by molar-refractivity contribution is -0.870. The fourth-order valence-electron chi connectivity index (χ4n) is 5.97. The molecule has 0 saturated heterocycles. The molecule has 51 heavy (non-hydrogen) atoms. The van der Waals surface area contributed by atoms with Crippen LogP contribution in [-0.4, -0.2) is 68.5 Å². The summed E-state index contributed by atoms with van der Waals surface area (Å²) in [5.41, 5.74) is 0. The molecule has 0 aliphatic carbocycles. The fourth-order valence-corrected chi connectivity index (χ4v) is 6.69. The Labute approximate surface area is 315 Å². The molecule has 0 rings (SSSR count). The molecule has 0 aromatic rings. The topological polar surface area (TPSA) is 108 Å². The van der Waals surface area contributed by atoms with Crippen LogP contribution in [0.25, 0.3) is 0 Å². The van der Waals surface area contributed by atoms with Crippen molar-refractivity contribution < 1.29 is 32.9 Å². The number of likely N-dealkylation sites (N-methyl/N-ethyl adjacent to an activating group) is 1. The number of aliphatic hydroxyl groups excluding tert-OH is 1. The molecule has 0 spiro atoms. The van der Waals surface area contributed by atoms with Gasteiger partial charge in [0.05, 0.1) is 39.9 Å². The van der Waals surface area contributed by atoms with Gasteiger partial charge in [0, 0.05) is 6.42 Å². The number of nitrogens with one attached hydrogen (secondary N) is 1. The van der Waals surface area contributed by atoms with Crippen LogP contribution in [0.15, 0.2) is 24.3 Å². The van der Waals surface area contributed by atoms with Gasteiger partial charge in [0.2, 0.25) is 5.91 Å². The Bertz CT molecular complexity index is 891. The first-order chi connectivity index (χ1) is 24.5. The Kier molecular flexibility index (Phi) is 34.0. The maximum Gasteiger partial charge on any atom is 0.268 e. The molecule has 0 aromatic heterocycles. The normalized spacial score (nSPS) is 14.7. The van der Waals surface area contributed by atoms with Crippen molar-refractivity contribution >= 4 is 13.7 Å². The number of hydrogen-bond acceptors (Lipinski definition) is 6. The van der Waals surface area contributed by atoms with Gasteiger partial charge >= 0.3 is 0 Å². The average Bonchev–Trinajstić information content (AvgIpc) is 3.07. The van der Waals surface area contributed by atoms with Crippen LogP contribution in [0, 0.1) is 0 Å². The number of phosphoric ester groups is 1. The highest BCUT2D eigenvalue weighted by Crippen LogP contribution is 2.38. The minimum atomic E-state index is -4.57. The molecule has 0 bridgehead atoms. The van der Waals surface area contributed by atoms with E-state index in [1.54, 1.807) is 0 Å². The van der Waals surface area contributed by atoms with Gasteiger partial charge in [0.25, 0.3) is 7.82 Å². The molecule has 0 saturated carbocycles. The Morgan fingerprint density at radius 2 is 1.08 bits per heavy atom. The van der Waals surface area contributed by atoms with Crippen molar-refractivity contribution in [2.45, 2.75) is 199 Å². The molecule has 9 heteroatoms. The van der Waals surface area contributed by atoms with Crippen LogP contribution in [0.4, 0.5) is 0 Å². The van der Waals surface area contributed by atoms with Gasteiger partial charge in [-0.15, -0.1) is 0 Å². The molecule has 8 nitrogen and oxygen atoms in total. The molecule has 0 aliphatic heterocycles. The quantitative estimate of drug-likeness (QED) is 0.0282. The molecule has 1 unspecified atom stereocenters. The second-order valence-corrected chi connectivity index (χ2v) is 17.1. The van der Waals surface area contributed by atoms with Crippen molar-refractivity contribution in [3.8, 4) is 0 Å². The van der Waals surface area contributed by atoms with Crippen LogP contribution >= 0.6 is 7.82 Å². The van der Waals surface area contributed by atoms with E-state index in [1.807, 2.05) is 21.1 Å². The minimum Gasteiger partial charge on any atom is -0.756 e. The summed E-state index contributed by atoms with van der Waals surface area (Å²) in [7, 11) is 1.28. The highest BCUT2D eigenvalue weighted by molar-refractivity contribution is 7.45. The largest absolute Gasteiger partial charge is 0.756 e. The number of phosphoric acid groups is 1. The first-order valence-electron chi connectivity index (χ1n) is 21.2. The summed E-state index contributed by atoms with van der Waals surface area (Å²) in [6, 6.07) is -0.815. The number of carbonyl (C=O) groups is 1. The summed E-state index contributed by atoms with van der Waals surface area (Å²) >= 11 is 0. The Hall–Kier alpha value is -1.02. The maximum atomic E-state index is 12.8. The Balaban J connectivity index is 4.41. The lowest BCUT2D eigenvalue weighted by Crippen LogP contribution is -2.46. The summed E-state index contributed by atoms with van der Waals surface area (Å²) in [4.78, 5) is 25.2. The standard InChI is InChI=1S/C42H83N2O6P/c1-6-8-10-12-14-16-18-20-21-22-23-24-26-28-30-32-34-36-42(46)43-40(39-50-51(47,48)49-38-37-44(3,4)5)41(45)35-33-31-29-27-25-19-17-15-13-11-9-7-2/h20-21,25,27,40-41,45H,6-19,22-24,26,28-39H2,1-5H3,(H-,43,46,47,48)/b21-20+,27-25+/t40-,41+/m0/s1. The number of rotatable bonds is 38. The molecule has 302 valence electrons. The zero-order chi connectivity index (χ0) is 37.9. The van der Waals surface area contributed by atoms with Crippen molar-refractivity contribution in [3.05, 3.63) is 24.3 Å². The van der Waals surface area contributed by atoms with Gasteiger partial charge in [-0.25, -0.2) is 0 Å². The maximum absolute atomic E-state index is 12.8. The second-order valence-electron chi connectivity index (χ2n) is 15.7. The second kappa shape index (κ2) is 34.7. The molecular formula is C42H83N2O6P. The minimum absolute atomic E-state index is 0.00654. The van der Waals surface area contributed by atoms with Crippen molar-refractivity contribution in [2.75, 3.05) is 40.9 Å². The predicted molar refractivity (Wildman–Crippen MR) is 215 cm³/mol. The number of unbranched alkanes of at least 4 members (excludes halogenated alkanes) is 21. The smallest absolute Gasteiger partial charge is 0.268 e. The molecule has 0 aliphatic rings. The van der Waals surface area contributed by atoms with E-state index in [0.717, 1.165) is 44.9 Å². The van der Waals surface area contributed by atoms with Gasteiger partial charge in [-0.2, -0.15) is 0 Å². The van der Waals surface area contributed by atoms with Crippen LogP contribution in [0.2, 0.25) is 0 Å². The van der Waals surface area contributed by atoms with E-state index >= 15 is 0 Å². The van der Waals surface area contributed by atoms with E-state index in [0.29, 0.717) is 23.9 Å². The Morgan fingerprint density at radius 3 is 1.53 bits per heavy atom. The molecule has 3 atom stereocenters. The third kappa shape index (κ3) is 37.1. The number of carbonyl (C=O) groups excluding carboxylic acids is 1. The number of allylic oxidation sites excluding steroid dienone is 4. The first-order valence-corrected chi connectivity index (χ1v) is 22.6. The van der Waals surface area contributed by atoms with Gasteiger partial charge in [-0.3, -0.25) is 9.36 Å². The molecular weight excluding hydrogens is 659 g/mol. The molecule has 2 N–H and O–H groups in total. The summed E-state index contributed by atoms with van der Waals surface area (Å²) in [5.74, 6) is -0.181. The number of nitrogens with zero attached hydrogens (tertiary/aromatic N) is 1. The highest BCUT2D eigenvalue weighted by Gasteiger charge is 2.24. The predicted octanol–water partition coefficient (Wildman–Crippen LogP) is 10.7. The van der Waals surface area contributed by atoms with Crippen LogP contribution in [0.3, 0.4) is 0 Å². The van der Waals surface area contributed by atoms with Crippen molar-refractivity contribution in [1.29, 1.82) is 0 Å². The third-order valence-electron chi connectivity index (χ3n) is 9.41. The van der Waals surface area contributed by atoms with Crippen LogP contribution in [0.1, 0.15) is 187 Å². The van der Waals surface area contributed by atoms with Gasteiger partial charge in [0.15, 0.2) is 0 Å². The zero-order valence-electron chi connectivity index (χ0n) is 34.1. The molecule has 0 radical (unpaired) electrons.